The molecular weight excluding hydrogens is 354 g/mol. The number of ether oxygens (including phenoxy) is 1. The van der Waals surface area contributed by atoms with Crippen molar-refractivity contribution in [1.29, 1.82) is 0 Å². The smallest absolute Gasteiger partial charge is 0.171 e. The van der Waals surface area contributed by atoms with Crippen molar-refractivity contribution in [2.45, 2.75) is 32.4 Å². The van der Waals surface area contributed by atoms with Crippen molar-refractivity contribution in [3.63, 3.8) is 0 Å². The number of anilines is 1. The van der Waals surface area contributed by atoms with Gasteiger partial charge < -0.3 is 15.4 Å². The van der Waals surface area contributed by atoms with Crippen molar-refractivity contribution < 1.29 is 4.74 Å². The minimum absolute atomic E-state index is 0.167. The molecule has 1 aliphatic heterocycles. The summed E-state index contributed by atoms with van der Waals surface area (Å²) in [6, 6.07) is 19.5. The van der Waals surface area contributed by atoms with E-state index in [2.05, 4.69) is 84.0 Å². The van der Waals surface area contributed by atoms with Gasteiger partial charge in [-0.25, -0.2) is 0 Å². The van der Waals surface area contributed by atoms with Crippen LogP contribution in [0.3, 0.4) is 0 Å². The van der Waals surface area contributed by atoms with Crippen LogP contribution in [0.4, 0.5) is 5.69 Å². The Morgan fingerprint density at radius 1 is 1.07 bits per heavy atom. The van der Waals surface area contributed by atoms with Gasteiger partial charge in [0.1, 0.15) is 0 Å². The van der Waals surface area contributed by atoms with Gasteiger partial charge >= 0.3 is 0 Å². The molecular formula is C22H29N3OS. The summed E-state index contributed by atoms with van der Waals surface area (Å²) >= 11 is 5.58. The highest BCUT2D eigenvalue weighted by atomic mass is 32.1. The van der Waals surface area contributed by atoms with Crippen molar-refractivity contribution >= 4 is 23.0 Å². The van der Waals surface area contributed by atoms with E-state index in [1.54, 1.807) is 0 Å². The zero-order chi connectivity index (χ0) is 19.1. The second-order valence-corrected chi connectivity index (χ2v) is 7.35. The van der Waals surface area contributed by atoms with Crippen LogP contribution in [0.15, 0.2) is 54.6 Å². The van der Waals surface area contributed by atoms with Gasteiger partial charge in [-0.15, -0.1) is 0 Å². The van der Waals surface area contributed by atoms with Gasteiger partial charge in [-0.05, 0) is 48.8 Å². The number of benzene rings is 2. The molecule has 3 rings (SSSR count). The van der Waals surface area contributed by atoms with Crippen LogP contribution in [0.5, 0.6) is 0 Å². The van der Waals surface area contributed by atoms with Crippen molar-refractivity contribution in [2.75, 3.05) is 31.6 Å². The van der Waals surface area contributed by atoms with E-state index in [-0.39, 0.29) is 12.1 Å². The van der Waals surface area contributed by atoms with E-state index in [9.17, 15) is 0 Å². The highest BCUT2D eigenvalue weighted by Gasteiger charge is 2.28. The molecule has 5 heteroatoms. The summed E-state index contributed by atoms with van der Waals surface area (Å²) < 4.78 is 5.54. The fraction of sp³-hybridized carbons (Fsp3) is 0.409. The quantitative estimate of drug-likeness (QED) is 0.738. The van der Waals surface area contributed by atoms with Crippen LogP contribution >= 0.6 is 12.2 Å². The average Bonchev–Trinajstić information content (AvgIpc) is 2.70. The van der Waals surface area contributed by atoms with Crippen LogP contribution in [-0.4, -0.2) is 42.4 Å². The molecule has 27 heavy (non-hydrogen) atoms. The lowest BCUT2D eigenvalue weighted by molar-refractivity contribution is 0.0102. The van der Waals surface area contributed by atoms with Gasteiger partial charge in [0.15, 0.2) is 5.11 Å². The Labute approximate surface area is 167 Å². The second kappa shape index (κ2) is 9.83. The summed E-state index contributed by atoms with van der Waals surface area (Å²) in [6.07, 6.45) is 1.04. The molecule has 2 N–H and O–H groups in total. The molecule has 1 heterocycles. The predicted molar refractivity (Wildman–Crippen MR) is 116 cm³/mol. The summed E-state index contributed by atoms with van der Waals surface area (Å²) in [5.74, 6) is 0. The van der Waals surface area contributed by atoms with E-state index in [1.807, 2.05) is 0 Å². The Balaban J connectivity index is 1.67. The van der Waals surface area contributed by atoms with Gasteiger partial charge in [0.25, 0.3) is 0 Å². The molecule has 1 fully saturated rings. The summed E-state index contributed by atoms with van der Waals surface area (Å²) in [7, 11) is 0. The van der Waals surface area contributed by atoms with Gasteiger partial charge in [0, 0.05) is 24.8 Å². The first-order chi connectivity index (χ1) is 13.2. The van der Waals surface area contributed by atoms with E-state index in [1.165, 1.54) is 11.1 Å². The molecule has 1 saturated heterocycles. The maximum Gasteiger partial charge on any atom is 0.171 e. The maximum atomic E-state index is 5.58. The van der Waals surface area contributed by atoms with Crippen LogP contribution < -0.4 is 10.6 Å². The van der Waals surface area contributed by atoms with Crippen LogP contribution in [0.25, 0.3) is 0 Å². The summed E-state index contributed by atoms with van der Waals surface area (Å²) in [5, 5.41) is 7.45. The first kappa shape index (κ1) is 19.8. The van der Waals surface area contributed by atoms with Gasteiger partial charge in [-0.3, -0.25) is 4.90 Å². The normalized spacial score (nSPS) is 17.1. The monoisotopic (exact) mass is 383 g/mol. The van der Waals surface area contributed by atoms with Crippen molar-refractivity contribution in [3.8, 4) is 0 Å². The Bertz CT molecular complexity index is 714. The Morgan fingerprint density at radius 3 is 2.37 bits per heavy atom. The zero-order valence-corrected chi connectivity index (χ0v) is 17.0. The third-order valence-electron chi connectivity index (χ3n) is 5.03. The van der Waals surface area contributed by atoms with E-state index >= 15 is 0 Å². The van der Waals surface area contributed by atoms with E-state index in [0.29, 0.717) is 5.11 Å². The molecule has 0 aromatic heterocycles. The van der Waals surface area contributed by atoms with E-state index < -0.39 is 0 Å². The summed E-state index contributed by atoms with van der Waals surface area (Å²) in [6.45, 7) is 7.78. The molecule has 0 unspecified atom stereocenters. The number of aryl methyl sites for hydroxylation is 1. The number of nitrogens with one attached hydrogen (secondary N) is 2. The molecule has 0 radical (unpaired) electrons. The van der Waals surface area contributed by atoms with Gasteiger partial charge in [-0.2, -0.15) is 0 Å². The third-order valence-corrected chi connectivity index (χ3v) is 5.25. The van der Waals surface area contributed by atoms with Gasteiger partial charge in [0.05, 0.1) is 19.3 Å². The third kappa shape index (κ3) is 5.51. The van der Waals surface area contributed by atoms with Crippen molar-refractivity contribution in [3.05, 3.63) is 65.7 Å². The Morgan fingerprint density at radius 2 is 1.74 bits per heavy atom. The molecule has 1 aliphatic rings. The molecule has 144 valence electrons. The zero-order valence-electron chi connectivity index (χ0n) is 16.2. The lowest BCUT2D eigenvalue weighted by atomic mass is 9.98. The molecule has 2 atom stereocenters. The number of hydrogen-bond acceptors (Lipinski definition) is 3. The second-order valence-electron chi connectivity index (χ2n) is 6.94. The average molecular weight is 384 g/mol. The minimum atomic E-state index is 0.167. The number of hydrogen-bond donors (Lipinski definition) is 2. The van der Waals surface area contributed by atoms with E-state index in [4.69, 9.17) is 17.0 Å². The maximum absolute atomic E-state index is 5.58. The lowest BCUT2D eigenvalue weighted by Gasteiger charge is -2.38. The summed E-state index contributed by atoms with van der Waals surface area (Å²) in [5.41, 5.74) is 3.64. The number of rotatable bonds is 6. The first-order valence-corrected chi connectivity index (χ1v) is 10.1. The number of morpholine rings is 1. The molecule has 0 amide bonds. The first-order valence-electron chi connectivity index (χ1n) is 9.70. The molecule has 0 aliphatic carbocycles. The van der Waals surface area contributed by atoms with Crippen molar-refractivity contribution in [1.82, 2.24) is 10.2 Å². The van der Waals surface area contributed by atoms with Crippen molar-refractivity contribution in [2.24, 2.45) is 0 Å². The molecule has 0 bridgehead atoms. The molecule has 2 aromatic rings. The molecule has 2 aromatic carbocycles. The standard InChI is InChI=1S/C22H29N3OS/c1-3-18-9-11-20(12-10-18)24-22(27)23-17(2)21(19-7-5-4-6-8-19)25-13-15-26-16-14-25/h4-12,17,21H,3,13-16H2,1-2H3,(H2,23,24,27)/t17-,21+/m0/s1. The molecule has 0 spiro atoms. The molecule has 0 saturated carbocycles. The highest BCUT2D eigenvalue weighted by molar-refractivity contribution is 7.80. The van der Waals surface area contributed by atoms with Crippen LogP contribution in [-0.2, 0) is 11.2 Å². The predicted octanol–water partition coefficient (Wildman–Crippen LogP) is 4.00. The lowest BCUT2D eigenvalue weighted by Crippen LogP contribution is -2.49. The van der Waals surface area contributed by atoms with Gasteiger partial charge in [-0.1, -0.05) is 49.4 Å². The molecule has 4 nitrogen and oxygen atoms in total. The SMILES string of the molecule is CCc1ccc(NC(=S)N[C@@H](C)[C@H](c2ccccc2)N2CCOCC2)cc1. The van der Waals surface area contributed by atoms with Crippen LogP contribution in [0, 0.1) is 0 Å². The number of thiocarbonyl (C=S) groups is 1. The Hall–Kier alpha value is -1.95. The summed E-state index contributed by atoms with van der Waals surface area (Å²) in [4.78, 5) is 2.48. The van der Waals surface area contributed by atoms with Crippen LogP contribution in [0.2, 0.25) is 0 Å². The number of nitrogens with zero attached hydrogens (tertiary/aromatic N) is 1. The van der Waals surface area contributed by atoms with Gasteiger partial charge in [0.2, 0.25) is 0 Å². The fourth-order valence-corrected chi connectivity index (χ4v) is 3.90. The minimum Gasteiger partial charge on any atom is -0.379 e. The topological polar surface area (TPSA) is 36.5 Å². The fourth-order valence-electron chi connectivity index (χ4n) is 3.60. The van der Waals surface area contributed by atoms with E-state index in [0.717, 1.165) is 38.4 Å². The largest absolute Gasteiger partial charge is 0.379 e. The highest BCUT2D eigenvalue weighted by Crippen LogP contribution is 2.25. The van der Waals surface area contributed by atoms with Crippen LogP contribution in [0.1, 0.15) is 31.0 Å². The Kier molecular flexibility index (Phi) is 7.21.